The number of hydrogen-bond donors (Lipinski definition) is 4. The van der Waals surface area contributed by atoms with E-state index in [4.69, 9.17) is 26.3 Å². The summed E-state index contributed by atoms with van der Waals surface area (Å²) >= 11 is 6.23. The largest absolute Gasteiger partial charge is 0.489 e. The zero-order valence-electron chi connectivity index (χ0n) is 37.3. The van der Waals surface area contributed by atoms with Crippen molar-refractivity contribution in [2.45, 2.75) is 124 Å². The second kappa shape index (κ2) is 20.8. The molecular formula is C48H60ClN7O7. The van der Waals surface area contributed by atoms with Gasteiger partial charge in [-0.3, -0.25) is 19.2 Å². The summed E-state index contributed by atoms with van der Waals surface area (Å²) in [6, 6.07) is 17.9. The van der Waals surface area contributed by atoms with E-state index < -0.39 is 41.3 Å². The average Bonchev–Trinajstić information content (AvgIpc) is 3.65. The van der Waals surface area contributed by atoms with Crippen LogP contribution in [-0.4, -0.2) is 88.7 Å². The molecular weight excluding hydrogens is 822 g/mol. The van der Waals surface area contributed by atoms with Gasteiger partial charge in [-0.2, -0.15) is 10.5 Å². The van der Waals surface area contributed by atoms with E-state index in [0.717, 1.165) is 37.7 Å². The number of aliphatic hydroxyl groups excluding tert-OH is 1. The van der Waals surface area contributed by atoms with Gasteiger partial charge in [0.1, 0.15) is 48.4 Å². The molecule has 336 valence electrons. The number of halogens is 1. The van der Waals surface area contributed by atoms with Crippen LogP contribution in [0.4, 0.5) is 0 Å². The van der Waals surface area contributed by atoms with Crippen LogP contribution in [0.2, 0.25) is 5.02 Å². The van der Waals surface area contributed by atoms with Gasteiger partial charge in [0.25, 0.3) is 5.91 Å². The summed E-state index contributed by atoms with van der Waals surface area (Å²) in [5, 5.41) is 37.8. The molecule has 2 aliphatic rings. The molecule has 4 N–H and O–H groups in total. The third kappa shape index (κ3) is 12.1. The number of β-amino-alcohol motifs (C(OH)–C–C–N with tert-alkyl or cyclic N) is 1. The number of rotatable bonds is 18. The quantitative estimate of drug-likeness (QED) is 0.109. The van der Waals surface area contributed by atoms with E-state index in [-0.39, 0.29) is 60.7 Å². The van der Waals surface area contributed by atoms with Crippen molar-refractivity contribution in [1.29, 1.82) is 10.5 Å². The number of nitrogens with one attached hydrogen (secondary N) is 3. The molecule has 3 aromatic rings. The van der Waals surface area contributed by atoms with Crippen LogP contribution in [0.15, 0.2) is 60.8 Å². The molecule has 2 heterocycles. The van der Waals surface area contributed by atoms with E-state index >= 15 is 0 Å². The maximum Gasteiger partial charge on any atom is 0.251 e. The smallest absolute Gasteiger partial charge is 0.251 e. The van der Waals surface area contributed by atoms with Gasteiger partial charge >= 0.3 is 0 Å². The number of nitriles is 2. The summed E-state index contributed by atoms with van der Waals surface area (Å²) in [6.07, 6.45) is 4.92. The molecule has 3 atom stereocenters. The standard InChI is InChI=1S/C48H60ClN7O7/c1-46(2,3)40(43(61)56-28-35(57)22-38(56)42(60)53-27-31-15-19-34(25-51)52-26-31)54-39(58)29-62-21-11-9-8-10-12-30-13-16-32(17-14-30)41(59)55-44-47(4,5)45(48(44,6)7)63-36-20-18-33(24-50)37(49)23-36/h13-20,23,26,35,38,40,44-45,57H,8-12,21-22,27-29H2,1-7H3,(H,53,60)(H,54,58)(H,55,59)/t35-,38+,40-,44?,45?/m1/s1. The zero-order chi connectivity index (χ0) is 46.1. The number of pyridine rings is 1. The molecule has 1 saturated carbocycles. The summed E-state index contributed by atoms with van der Waals surface area (Å²) in [5.74, 6) is -0.895. The minimum Gasteiger partial charge on any atom is -0.489 e. The third-order valence-corrected chi connectivity index (χ3v) is 12.4. The fraction of sp³-hybridized carbons (Fsp3) is 0.521. The Labute approximate surface area is 375 Å². The Bertz CT molecular complexity index is 2180. The van der Waals surface area contributed by atoms with Crippen molar-refractivity contribution in [2.75, 3.05) is 19.8 Å². The van der Waals surface area contributed by atoms with Crippen LogP contribution in [0.5, 0.6) is 5.75 Å². The third-order valence-electron chi connectivity index (χ3n) is 12.1. The molecule has 0 spiro atoms. The second-order valence-electron chi connectivity index (χ2n) is 18.9. The van der Waals surface area contributed by atoms with E-state index in [0.29, 0.717) is 34.1 Å². The van der Waals surface area contributed by atoms with Gasteiger partial charge in [0.05, 0.1) is 16.7 Å². The summed E-state index contributed by atoms with van der Waals surface area (Å²) in [7, 11) is 0. The first-order valence-electron chi connectivity index (χ1n) is 21.5. The van der Waals surface area contributed by atoms with Gasteiger partial charge < -0.3 is 35.4 Å². The van der Waals surface area contributed by atoms with Gasteiger partial charge in [-0.1, -0.05) is 91.1 Å². The summed E-state index contributed by atoms with van der Waals surface area (Å²) in [5.41, 5.74) is 1.62. The van der Waals surface area contributed by atoms with Crippen molar-refractivity contribution in [1.82, 2.24) is 25.8 Å². The SMILES string of the molecule is CC1(C)C(NC(=O)c2ccc(CCCCCCOCC(=O)N[C@H](C(=O)N3C[C@H](O)C[C@H]3C(=O)NCc3ccc(C#N)nc3)C(C)(C)C)cc2)C(C)(C)C1Oc1ccc(C#N)c(Cl)c1. The molecule has 1 aliphatic carbocycles. The summed E-state index contributed by atoms with van der Waals surface area (Å²) in [6.45, 7) is 14.0. The molecule has 5 rings (SSSR count). The minimum atomic E-state index is -0.960. The normalized spacial score (nSPS) is 20.3. The molecule has 4 amide bonds. The predicted octanol–water partition coefficient (Wildman–Crippen LogP) is 6.02. The molecule has 0 unspecified atom stereocenters. The lowest BCUT2D eigenvalue weighted by Gasteiger charge is -2.63. The maximum absolute atomic E-state index is 13.8. The fourth-order valence-electron chi connectivity index (χ4n) is 8.91. The highest BCUT2D eigenvalue weighted by atomic mass is 35.5. The van der Waals surface area contributed by atoms with Crippen molar-refractivity contribution in [3.8, 4) is 17.9 Å². The number of nitrogens with zero attached hydrogens (tertiary/aromatic N) is 4. The number of aliphatic hydroxyl groups is 1. The van der Waals surface area contributed by atoms with E-state index in [2.05, 4.69) is 54.7 Å². The first kappa shape index (κ1) is 48.5. The Morgan fingerprint density at radius 3 is 2.25 bits per heavy atom. The highest BCUT2D eigenvalue weighted by Crippen LogP contribution is 2.55. The van der Waals surface area contributed by atoms with Crippen LogP contribution in [-0.2, 0) is 32.1 Å². The second-order valence-corrected chi connectivity index (χ2v) is 19.3. The van der Waals surface area contributed by atoms with Crippen LogP contribution in [0.25, 0.3) is 0 Å². The van der Waals surface area contributed by atoms with Crippen LogP contribution in [0.1, 0.15) is 113 Å². The van der Waals surface area contributed by atoms with Crippen LogP contribution in [0, 0.1) is 38.9 Å². The lowest BCUT2D eigenvalue weighted by atomic mass is 9.49. The van der Waals surface area contributed by atoms with E-state index in [1.54, 1.807) is 30.3 Å². The molecule has 2 fully saturated rings. The number of aryl methyl sites for hydroxylation is 1. The monoisotopic (exact) mass is 881 g/mol. The van der Waals surface area contributed by atoms with Gasteiger partial charge in [0.15, 0.2) is 0 Å². The number of carbonyl (C=O) groups is 4. The van der Waals surface area contributed by atoms with E-state index in [9.17, 15) is 29.5 Å². The van der Waals surface area contributed by atoms with Crippen molar-refractivity contribution in [3.05, 3.63) is 93.8 Å². The molecule has 14 nitrogen and oxygen atoms in total. The highest BCUT2D eigenvalue weighted by Gasteiger charge is 2.64. The van der Waals surface area contributed by atoms with Crippen molar-refractivity contribution in [2.24, 2.45) is 16.2 Å². The van der Waals surface area contributed by atoms with Crippen LogP contribution < -0.4 is 20.7 Å². The Balaban J connectivity index is 0.991. The number of hydrogen-bond acceptors (Lipinski definition) is 10. The average molecular weight is 883 g/mol. The maximum atomic E-state index is 13.8. The number of amides is 4. The van der Waals surface area contributed by atoms with Crippen LogP contribution in [0.3, 0.4) is 0 Å². The Hall–Kier alpha value is -5.54. The van der Waals surface area contributed by atoms with Gasteiger partial charge in [0, 0.05) is 60.8 Å². The van der Waals surface area contributed by atoms with Gasteiger partial charge in [-0.15, -0.1) is 0 Å². The topological polar surface area (TPSA) is 207 Å². The van der Waals surface area contributed by atoms with Gasteiger partial charge in [-0.25, -0.2) is 4.98 Å². The lowest BCUT2D eigenvalue weighted by Crippen LogP contribution is -2.74. The molecule has 15 heteroatoms. The zero-order valence-corrected chi connectivity index (χ0v) is 38.1. The first-order chi connectivity index (χ1) is 29.8. The van der Waals surface area contributed by atoms with E-state index in [1.165, 1.54) is 11.1 Å². The molecule has 1 aromatic heterocycles. The van der Waals surface area contributed by atoms with E-state index in [1.807, 2.05) is 51.1 Å². The van der Waals surface area contributed by atoms with Gasteiger partial charge in [-0.05, 0) is 66.1 Å². The van der Waals surface area contributed by atoms with Crippen molar-refractivity contribution >= 4 is 35.2 Å². The number of carbonyl (C=O) groups excluding carboxylic acids is 4. The number of likely N-dealkylation sites (tertiary alicyclic amines) is 1. The van der Waals surface area contributed by atoms with Crippen molar-refractivity contribution in [3.63, 3.8) is 0 Å². The molecule has 0 bridgehead atoms. The minimum absolute atomic E-state index is 0.0350. The summed E-state index contributed by atoms with van der Waals surface area (Å²) in [4.78, 5) is 58.7. The Morgan fingerprint density at radius 1 is 0.952 bits per heavy atom. The number of benzene rings is 2. The molecule has 63 heavy (non-hydrogen) atoms. The highest BCUT2D eigenvalue weighted by molar-refractivity contribution is 6.31. The van der Waals surface area contributed by atoms with Gasteiger partial charge in [0.2, 0.25) is 17.7 Å². The number of ether oxygens (including phenoxy) is 2. The Morgan fingerprint density at radius 2 is 1.63 bits per heavy atom. The fourth-order valence-corrected chi connectivity index (χ4v) is 9.12. The van der Waals surface area contributed by atoms with Crippen molar-refractivity contribution < 1.29 is 33.8 Å². The van der Waals surface area contributed by atoms with Crippen LogP contribution >= 0.6 is 11.6 Å². The Kier molecular flexibility index (Phi) is 16.0. The molecule has 1 aliphatic heterocycles. The molecule has 2 aromatic carbocycles. The first-order valence-corrected chi connectivity index (χ1v) is 21.9. The summed E-state index contributed by atoms with van der Waals surface area (Å²) < 4.78 is 12.0. The lowest BCUT2D eigenvalue weighted by molar-refractivity contribution is -0.164. The molecule has 0 radical (unpaired) electrons. The molecule has 1 saturated heterocycles. The number of unbranched alkanes of at least 4 members (excludes halogenated alkanes) is 3. The number of aromatic nitrogens is 1. The predicted molar refractivity (Wildman–Crippen MR) is 237 cm³/mol.